The van der Waals surface area contributed by atoms with Crippen LogP contribution in [0.2, 0.25) is 0 Å². The number of carbonyl (C=O) groups is 1. The van der Waals surface area contributed by atoms with Crippen molar-refractivity contribution in [3.63, 3.8) is 0 Å². The number of amides is 1. The summed E-state index contributed by atoms with van der Waals surface area (Å²) in [7, 11) is -3.62. The normalized spacial score (nSPS) is 15.2. The Balaban J connectivity index is 1.64. The molecule has 1 N–H and O–H groups in total. The van der Waals surface area contributed by atoms with Crippen LogP contribution in [0.4, 0.5) is 5.69 Å². The van der Waals surface area contributed by atoms with Crippen LogP contribution in [0.15, 0.2) is 64.3 Å². The van der Waals surface area contributed by atoms with Crippen molar-refractivity contribution in [2.24, 2.45) is 0 Å². The van der Waals surface area contributed by atoms with Gasteiger partial charge in [-0.25, -0.2) is 13.1 Å². The van der Waals surface area contributed by atoms with Gasteiger partial charge < -0.3 is 5.32 Å². The van der Waals surface area contributed by atoms with E-state index in [4.69, 9.17) is 0 Å². The van der Waals surface area contributed by atoms with E-state index in [0.717, 1.165) is 29.5 Å². The maximum absolute atomic E-state index is 13.2. The first-order valence-electron chi connectivity index (χ1n) is 11.8. The standard InChI is InChI=1S/C26H30N4O4S/c1-4-20-8-7-9-22(16-20)27-26(32)19(3)30-25(31)13-12-23(28-30)21-11-10-18(2)24(17-21)35(33,34)29-14-5-6-15-29/h7-13,16-17,19H,4-6,14-15H2,1-3H3,(H,27,32)/t19-/m1/s1. The average molecular weight is 495 g/mol. The molecule has 0 radical (unpaired) electrons. The summed E-state index contributed by atoms with van der Waals surface area (Å²) >= 11 is 0. The van der Waals surface area contributed by atoms with E-state index >= 15 is 0 Å². The highest BCUT2D eigenvalue weighted by Crippen LogP contribution is 2.28. The van der Waals surface area contributed by atoms with Crippen LogP contribution in [0, 0.1) is 6.92 Å². The zero-order chi connectivity index (χ0) is 25.2. The molecular formula is C26H30N4O4S. The summed E-state index contributed by atoms with van der Waals surface area (Å²) in [4.78, 5) is 25.7. The molecule has 1 aliphatic heterocycles. The second-order valence-corrected chi connectivity index (χ2v) is 10.7. The third-order valence-corrected chi connectivity index (χ3v) is 8.38. The number of rotatable bonds is 7. The maximum atomic E-state index is 13.2. The van der Waals surface area contributed by atoms with Crippen molar-refractivity contribution in [1.29, 1.82) is 0 Å². The van der Waals surface area contributed by atoms with E-state index in [2.05, 4.69) is 10.4 Å². The summed E-state index contributed by atoms with van der Waals surface area (Å²) in [5.74, 6) is -0.369. The minimum atomic E-state index is -3.62. The van der Waals surface area contributed by atoms with Crippen molar-refractivity contribution in [2.45, 2.75) is 51.0 Å². The summed E-state index contributed by atoms with van der Waals surface area (Å²) in [6.45, 7) is 6.44. The van der Waals surface area contributed by atoms with Crippen molar-refractivity contribution in [2.75, 3.05) is 18.4 Å². The van der Waals surface area contributed by atoms with Gasteiger partial charge in [0.05, 0.1) is 10.6 Å². The zero-order valence-electron chi connectivity index (χ0n) is 20.2. The Hall–Kier alpha value is -3.30. The van der Waals surface area contributed by atoms with Gasteiger partial charge in [-0.3, -0.25) is 9.59 Å². The highest BCUT2D eigenvalue weighted by atomic mass is 32.2. The Morgan fingerprint density at radius 3 is 2.54 bits per heavy atom. The molecule has 4 rings (SSSR count). The number of nitrogens with one attached hydrogen (secondary N) is 1. The Morgan fingerprint density at radius 1 is 1.09 bits per heavy atom. The van der Waals surface area contributed by atoms with Crippen LogP contribution < -0.4 is 10.9 Å². The fourth-order valence-corrected chi connectivity index (χ4v) is 5.96. The molecule has 8 nitrogen and oxygen atoms in total. The number of aromatic nitrogens is 2. The van der Waals surface area contributed by atoms with Crippen molar-refractivity contribution in [1.82, 2.24) is 14.1 Å². The summed E-state index contributed by atoms with van der Waals surface area (Å²) in [5, 5.41) is 7.27. The number of anilines is 1. The van der Waals surface area contributed by atoms with Crippen LogP contribution in [0.5, 0.6) is 0 Å². The number of carbonyl (C=O) groups excluding carboxylic acids is 1. The van der Waals surface area contributed by atoms with Crippen molar-refractivity contribution in [3.05, 3.63) is 76.1 Å². The van der Waals surface area contributed by atoms with E-state index in [1.165, 1.54) is 10.4 Å². The van der Waals surface area contributed by atoms with Crippen molar-refractivity contribution >= 4 is 21.6 Å². The molecule has 2 heterocycles. The molecule has 0 saturated carbocycles. The van der Waals surface area contributed by atoms with Crippen LogP contribution in [0.3, 0.4) is 0 Å². The summed E-state index contributed by atoms with van der Waals surface area (Å²) in [6, 6.07) is 14.7. The lowest BCUT2D eigenvalue weighted by Crippen LogP contribution is -2.33. The highest BCUT2D eigenvalue weighted by molar-refractivity contribution is 7.89. The molecule has 1 fully saturated rings. The van der Waals surface area contributed by atoms with Gasteiger partial charge in [0.25, 0.3) is 5.56 Å². The van der Waals surface area contributed by atoms with Crippen LogP contribution in [-0.4, -0.2) is 41.5 Å². The van der Waals surface area contributed by atoms with Gasteiger partial charge in [-0.05, 0) is 68.5 Å². The van der Waals surface area contributed by atoms with E-state index in [0.29, 0.717) is 35.6 Å². The van der Waals surface area contributed by atoms with Crippen LogP contribution in [0.1, 0.15) is 43.9 Å². The SMILES string of the molecule is CCc1cccc(NC(=O)[C@@H](C)n2nc(-c3ccc(C)c(S(=O)(=O)N4CCCC4)c3)ccc2=O)c1. The third kappa shape index (κ3) is 5.21. The van der Waals surface area contributed by atoms with E-state index in [-0.39, 0.29) is 10.8 Å². The molecule has 1 atom stereocenters. The van der Waals surface area contributed by atoms with E-state index in [1.54, 1.807) is 44.2 Å². The van der Waals surface area contributed by atoms with Crippen molar-refractivity contribution < 1.29 is 13.2 Å². The van der Waals surface area contributed by atoms with Gasteiger partial charge in [0.2, 0.25) is 15.9 Å². The van der Waals surface area contributed by atoms with Gasteiger partial charge in [0, 0.05) is 30.4 Å². The molecule has 1 saturated heterocycles. The van der Waals surface area contributed by atoms with Gasteiger partial charge in [0.15, 0.2) is 0 Å². The van der Waals surface area contributed by atoms with Gasteiger partial charge >= 0.3 is 0 Å². The number of benzene rings is 2. The lowest BCUT2D eigenvalue weighted by atomic mass is 10.1. The maximum Gasteiger partial charge on any atom is 0.267 e. The lowest BCUT2D eigenvalue weighted by Gasteiger charge is -2.18. The van der Waals surface area contributed by atoms with Gasteiger partial charge in [0.1, 0.15) is 6.04 Å². The van der Waals surface area contributed by atoms with Crippen LogP contribution in [0.25, 0.3) is 11.3 Å². The highest BCUT2D eigenvalue weighted by Gasteiger charge is 2.29. The first-order valence-corrected chi connectivity index (χ1v) is 13.3. The Bertz CT molecular complexity index is 1410. The lowest BCUT2D eigenvalue weighted by molar-refractivity contribution is -0.119. The van der Waals surface area contributed by atoms with Crippen LogP contribution in [-0.2, 0) is 21.2 Å². The molecule has 0 unspecified atom stereocenters. The minimum absolute atomic E-state index is 0.234. The van der Waals surface area contributed by atoms with E-state index in [9.17, 15) is 18.0 Å². The molecule has 184 valence electrons. The van der Waals surface area contributed by atoms with Gasteiger partial charge in [-0.1, -0.05) is 31.2 Å². The summed E-state index contributed by atoms with van der Waals surface area (Å²) in [6.07, 6.45) is 2.55. The van der Waals surface area contributed by atoms with E-state index < -0.39 is 21.6 Å². The molecule has 1 aliphatic rings. The Labute approximate surface area is 205 Å². The third-order valence-electron chi connectivity index (χ3n) is 6.34. The molecular weight excluding hydrogens is 464 g/mol. The fraction of sp³-hybridized carbons (Fsp3) is 0.346. The topological polar surface area (TPSA) is 101 Å². The molecule has 1 aromatic heterocycles. The number of aryl methyl sites for hydroxylation is 2. The fourth-order valence-electron chi connectivity index (χ4n) is 4.19. The second kappa shape index (κ2) is 10.1. The first kappa shape index (κ1) is 24.8. The first-order chi connectivity index (χ1) is 16.7. The smallest absolute Gasteiger partial charge is 0.267 e. The predicted octanol–water partition coefficient (Wildman–Crippen LogP) is 3.77. The molecule has 3 aromatic rings. The number of sulfonamides is 1. The molecule has 0 bridgehead atoms. The number of nitrogens with zero attached hydrogens (tertiary/aromatic N) is 3. The van der Waals surface area contributed by atoms with Gasteiger partial charge in [-0.2, -0.15) is 9.40 Å². The molecule has 0 aliphatic carbocycles. The molecule has 1 amide bonds. The van der Waals surface area contributed by atoms with Gasteiger partial charge in [-0.15, -0.1) is 0 Å². The number of hydrogen-bond donors (Lipinski definition) is 1. The zero-order valence-corrected chi connectivity index (χ0v) is 21.0. The predicted molar refractivity (Wildman–Crippen MR) is 136 cm³/mol. The average Bonchev–Trinajstić information content (AvgIpc) is 3.40. The quantitative estimate of drug-likeness (QED) is 0.539. The monoisotopic (exact) mass is 494 g/mol. The summed E-state index contributed by atoms with van der Waals surface area (Å²) in [5.41, 5.74) is 2.94. The van der Waals surface area contributed by atoms with Crippen LogP contribution >= 0.6 is 0 Å². The largest absolute Gasteiger partial charge is 0.324 e. The Morgan fingerprint density at radius 2 is 1.83 bits per heavy atom. The van der Waals surface area contributed by atoms with Crippen molar-refractivity contribution in [3.8, 4) is 11.3 Å². The number of hydrogen-bond acceptors (Lipinski definition) is 5. The minimum Gasteiger partial charge on any atom is -0.324 e. The molecule has 9 heteroatoms. The molecule has 2 aromatic carbocycles. The Kier molecular flexibility index (Phi) is 7.18. The molecule has 0 spiro atoms. The van der Waals surface area contributed by atoms with E-state index in [1.807, 2.05) is 25.1 Å². The summed E-state index contributed by atoms with van der Waals surface area (Å²) < 4.78 is 29.0. The second-order valence-electron chi connectivity index (χ2n) is 8.81. The molecule has 35 heavy (non-hydrogen) atoms.